The minimum Gasteiger partial charge on any atom is -0.448 e. The Bertz CT molecular complexity index is 624. The van der Waals surface area contributed by atoms with Gasteiger partial charge >= 0.3 is 12.1 Å². The average Bonchev–Trinajstić information content (AvgIpc) is 2.23. The third-order valence-electron chi connectivity index (χ3n) is 2.07. The van der Waals surface area contributed by atoms with Crippen molar-refractivity contribution >= 4 is 47.9 Å². The van der Waals surface area contributed by atoms with E-state index in [0.29, 0.717) is 8.95 Å². The minimum absolute atomic E-state index is 0.221. The Balaban J connectivity index is 3.00. The molecule has 1 N–H and O–H groups in total. The van der Waals surface area contributed by atoms with Gasteiger partial charge in [-0.05, 0) is 18.2 Å². The molecule has 0 bridgehead atoms. The molecule has 1 aromatic rings. The molecule has 0 aliphatic carbocycles. The third kappa shape index (κ3) is 6.32. The molecule has 0 saturated heterocycles. The number of carbonyl (C=O) groups is 1. The van der Waals surface area contributed by atoms with E-state index in [0.717, 1.165) is 0 Å². The highest BCUT2D eigenvalue weighted by molar-refractivity contribution is 9.11. The van der Waals surface area contributed by atoms with Crippen molar-refractivity contribution in [1.29, 1.82) is 0 Å². The van der Waals surface area contributed by atoms with Gasteiger partial charge in [0.1, 0.15) is 5.75 Å². The largest absolute Gasteiger partial charge is 0.448 e. The van der Waals surface area contributed by atoms with Crippen molar-refractivity contribution in [1.82, 2.24) is 0 Å². The highest BCUT2D eigenvalue weighted by Gasteiger charge is 2.45. The molecule has 0 heterocycles. The Morgan fingerprint density at radius 2 is 1.71 bits per heavy atom. The van der Waals surface area contributed by atoms with Gasteiger partial charge in [0, 0.05) is 8.95 Å². The maximum Gasteiger partial charge on any atom is 0.426 e. The van der Waals surface area contributed by atoms with Gasteiger partial charge in [0.2, 0.25) is 6.10 Å². The quantitative estimate of drug-likeness (QED) is 0.557. The monoisotopic (exact) mass is 454 g/mol. The fraction of sp³-hybridized carbons (Fsp3) is 0.300. The lowest BCUT2D eigenvalue weighted by Gasteiger charge is -2.19. The Morgan fingerprint density at radius 3 is 2.10 bits per heavy atom. The molecule has 1 rings (SSSR count). The van der Waals surface area contributed by atoms with Crippen molar-refractivity contribution in [3.05, 3.63) is 32.7 Å². The maximum absolute atomic E-state index is 12.6. The van der Waals surface area contributed by atoms with Crippen LogP contribution in [0.4, 0.5) is 13.2 Å². The fourth-order valence-corrected chi connectivity index (χ4v) is 3.19. The number of alkyl halides is 3. The lowest BCUT2D eigenvalue weighted by molar-refractivity contribution is -0.197. The van der Waals surface area contributed by atoms with E-state index in [4.69, 9.17) is 4.55 Å². The van der Waals surface area contributed by atoms with E-state index in [1.54, 1.807) is 0 Å². The van der Waals surface area contributed by atoms with E-state index in [2.05, 4.69) is 36.6 Å². The van der Waals surface area contributed by atoms with Crippen molar-refractivity contribution in [2.45, 2.75) is 12.3 Å². The molecule has 5 nitrogen and oxygen atoms in total. The normalized spacial score (nSPS) is 13.8. The first-order valence-electron chi connectivity index (χ1n) is 5.07. The van der Waals surface area contributed by atoms with Crippen LogP contribution in [0, 0.1) is 0 Å². The molecule has 1 aromatic carbocycles. The van der Waals surface area contributed by atoms with Crippen molar-refractivity contribution in [2.24, 2.45) is 0 Å². The minimum atomic E-state index is -5.13. The molecule has 0 amide bonds. The number of benzene rings is 1. The van der Waals surface area contributed by atoms with Crippen LogP contribution in [0.2, 0.25) is 0 Å². The molecule has 0 fully saturated rings. The molecule has 21 heavy (non-hydrogen) atoms. The lowest BCUT2D eigenvalue weighted by atomic mass is 10.2. The number of esters is 1. The van der Waals surface area contributed by atoms with Crippen molar-refractivity contribution in [3.63, 3.8) is 0 Å². The van der Waals surface area contributed by atoms with Gasteiger partial charge in [-0.1, -0.05) is 31.9 Å². The first-order valence-corrected chi connectivity index (χ1v) is 8.27. The van der Waals surface area contributed by atoms with Gasteiger partial charge in [0.05, 0.1) is 5.56 Å². The van der Waals surface area contributed by atoms with Crippen LogP contribution < -0.4 is 0 Å². The predicted molar refractivity (Wildman–Crippen MR) is 73.5 cm³/mol. The van der Waals surface area contributed by atoms with Gasteiger partial charge in [-0.2, -0.15) is 21.6 Å². The number of carbonyl (C=O) groups excluding carboxylic acids is 1. The number of halogens is 5. The van der Waals surface area contributed by atoms with Crippen LogP contribution >= 0.6 is 31.9 Å². The zero-order chi connectivity index (χ0) is 16.4. The predicted octanol–water partition coefficient (Wildman–Crippen LogP) is 3.19. The van der Waals surface area contributed by atoms with Crippen molar-refractivity contribution in [3.8, 4) is 0 Å². The van der Waals surface area contributed by atoms with E-state index < -0.39 is 34.1 Å². The van der Waals surface area contributed by atoms with E-state index in [9.17, 15) is 26.4 Å². The number of rotatable bonds is 4. The Labute approximate surface area is 134 Å². The first-order chi connectivity index (χ1) is 9.38. The molecule has 0 radical (unpaired) electrons. The second kappa shape index (κ2) is 6.63. The first kappa shape index (κ1) is 18.4. The molecule has 0 saturated carbocycles. The zero-order valence-corrected chi connectivity index (χ0v) is 13.9. The molecular weight excluding hydrogens is 449 g/mol. The third-order valence-corrected chi connectivity index (χ3v) is 3.71. The second-order valence-corrected chi connectivity index (χ2v) is 7.17. The zero-order valence-electron chi connectivity index (χ0n) is 9.89. The van der Waals surface area contributed by atoms with Crippen LogP contribution in [-0.2, 0) is 14.9 Å². The van der Waals surface area contributed by atoms with E-state index in [1.807, 2.05) is 0 Å². The topological polar surface area (TPSA) is 80.7 Å². The van der Waals surface area contributed by atoms with E-state index >= 15 is 0 Å². The molecular formula is C10H7Br2F3O5S. The van der Waals surface area contributed by atoms with Crippen molar-refractivity contribution in [2.75, 3.05) is 5.75 Å². The molecule has 1 unspecified atom stereocenters. The summed E-state index contributed by atoms with van der Waals surface area (Å²) in [5.74, 6) is -3.14. The SMILES string of the molecule is O=C(OC(CS(=O)(=O)O)C(F)(F)F)c1cc(Br)cc(Br)c1. The Kier molecular flexibility index (Phi) is 5.81. The summed E-state index contributed by atoms with van der Waals surface area (Å²) in [6.07, 6.45) is -8.09. The van der Waals surface area contributed by atoms with Gasteiger partial charge < -0.3 is 4.74 Å². The standard InChI is InChI=1S/C10H7Br2F3O5S/c11-6-1-5(2-7(12)3-6)9(16)20-8(10(13,14)15)4-21(17,18)19/h1-3,8H,4H2,(H,17,18,19). The van der Waals surface area contributed by atoms with E-state index in [1.165, 1.54) is 18.2 Å². The van der Waals surface area contributed by atoms with Gasteiger partial charge in [-0.25, -0.2) is 4.79 Å². The summed E-state index contributed by atoms with van der Waals surface area (Å²) in [5.41, 5.74) is -0.221. The summed E-state index contributed by atoms with van der Waals surface area (Å²) in [5, 5.41) is 0. The summed E-state index contributed by atoms with van der Waals surface area (Å²) in [6, 6.07) is 3.94. The van der Waals surface area contributed by atoms with Crippen LogP contribution in [0.1, 0.15) is 10.4 Å². The Morgan fingerprint density at radius 1 is 1.24 bits per heavy atom. The molecule has 0 aliphatic heterocycles. The molecule has 118 valence electrons. The summed E-state index contributed by atoms with van der Waals surface area (Å²) in [7, 11) is -4.97. The van der Waals surface area contributed by atoms with Crippen molar-refractivity contribution < 1.29 is 35.7 Å². The van der Waals surface area contributed by atoms with Crippen LogP contribution in [-0.4, -0.2) is 37.0 Å². The Hall–Kier alpha value is -0.650. The lowest BCUT2D eigenvalue weighted by Crippen LogP contribution is -2.39. The summed E-state index contributed by atoms with van der Waals surface area (Å²) in [6.45, 7) is 0. The molecule has 1 atom stereocenters. The van der Waals surface area contributed by atoms with E-state index in [-0.39, 0.29) is 5.56 Å². The summed E-state index contributed by atoms with van der Waals surface area (Å²) >= 11 is 6.08. The number of ether oxygens (including phenoxy) is 1. The van der Waals surface area contributed by atoms with Gasteiger partial charge in [-0.3, -0.25) is 4.55 Å². The molecule has 0 aliphatic rings. The smallest absolute Gasteiger partial charge is 0.426 e. The highest BCUT2D eigenvalue weighted by atomic mass is 79.9. The fourth-order valence-electron chi connectivity index (χ4n) is 1.26. The van der Waals surface area contributed by atoms with Crippen LogP contribution in [0.3, 0.4) is 0 Å². The molecule has 11 heteroatoms. The number of hydrogen-bond donors (Lipinski definition) is 1. The number of hydrogen-bond acceptors (Lipinski definition) is 4. The molecule has 0 spiro atoms. The van der Waals surface area contributed by atoms with Gasteiger partial charge in [0.15, 0.2) is 0 Å². The van der Waals surface area contributed by atoms with Crippen LogP contribution in [0.25, 0.3) is 0 Å². The average molecular weight is 456 g/mol. The highest BCUT2D eigenvalue weighted by Crippen LogP contribution is 2.26. The van der Waals surface area contributed by atoms with Gasteiger partial charge in [0.25, 0.3) is 10.1 Å². The molecule has 0 aromatic heterocycles. The van der Waals surface area contributed by atoms with Crippen LogP contribution in [0.5, 0.6) is 0 Å². The van der Waals surface area contributed by atoms with Gasteiger partial charge in [-0.15, -0.1) is 0 Å². The summed E-state index contributed by atoms with van der Waals surface area (Å²) < 4.78 is 72.4. The second-order valence-electron chi connectivity index (χ2n) is 3.84. The van der Waals surface area contributed by atoms with Crippen LogP contribution in [0.15, 0.2) is 27.1 Å². The maximum atomic E-state index is 12.6. The summed E-state index contributed by atoms with van der Waals surface area (Å²) in [4.78, 5) is 11.7.